The summed E-state index contributed by atoms with van der Waals surface area (Å²) < 4.78 is 29.1. The van der Waals surface area contributed by atoms with Crippen LogP contribution in [0.5, 0.6) is 0 Å². The third kappa shape index (κ3) is 3.08. The van der Waals surface area contributed by atoms with Gasteiger partial charge in [0.15, 0.2) is 15.6 Å². The number of aryl methyl sites for hydroxylation is 2. The number of aromatic nitrogens is 2. The van der Waals surface area contributed by atoms with Crippen molar-refractivity contribution >= 4 is 37.8 Å². The Hall–Kier alpha value is -2.52. The predicted molar refractivity (Wildman–Crippen MR) is 96.1 cm³/mol. The molecule has 3 aromatic rings. The zero-order chi connectivity index (χ0) is 18.4. The number of Topliss-reactive ketones (excluding diaryl/α,β-unsaturated/α-hetero) is 1. The number of ketones is 1. The van der Waals surface area contributed by atoms with Crippen LogP contribution in [-0.2, 0) is 10.0 Å². The first-order valence-electron chi connectivity index (χ1n) is 7.32. The minimum Gasteiger partial charge on any atom is -0.295 e. The van der Waals surface area contributed by atoms with Crippen LogP contribution in [0.4, 0.5) is 5.69 Å². The second-order valence-corrected chi connectivity index (χ2v) is 8.02. The van der Waals surface area contributed by atoms with Gasteiger partial charge in [0, 0.05) is 22.3 Å². The topological polar surface area (TPSA) is 97.6 Å². The van der Waals surface area contributed by atoms with Crippen molar-refractivity contribution in [3.63, 3.8) is 0 Å². The molecule has 0 saturated carbocycles. The van der Waals surface area contributed by atoms with Crippen LogP contribution >= 0.6 is 11.3 Å². The lowest BCUT2D eigenvalue weighted by atomic mass is 10.1. The van der Waals surface area contributed by atoms with E-state index in [9.17, 15) is 18.0 Å². The summed E-state index contributed by atoms with van der Waals surface area (Å²) >= 11 is 1.27. The number of thiazole rings is 1. The molecule has 0 spiro atoms. The number of hydrogen-bond donors (Lipinski definition) is 1. The quantitative estimate of drug-likeness (QED) is 0.704. The number of hydrogen-bond acceptors (Lipinski definition) is 6. The van der Waals surface area contributed by atoms with Crippen molar-refractivity contribution in [3.8, 4) is 0 Å². The van der Waals surface area contributed by atoms with E-state index in [1.807, 2.05) is 0 Å². The fourth-order valence-corrected chi connectivity index (χ4v) is 4.68. The van der Waals surface area contributed by atoms with Crippen LogP contribution in [-0.4, -0.2) is 23.6 Å². The summed E-state index contributed by atoms with van der Waals surface area (Å²) in [6.45, 7) is 4.58. The molecule has 130 valence electrons. The predicted octanol–water partition coefficient (Wildman–Crippen LogP) is 2.38. The number of sulfonamides is 1. The molecule has 0 aliphatic carbocycles. The molecule has 0 saturated heterocycles. The van der Waals surface area contributed by atoms with Gasteiger partial charge in [0.2, 0.25) is 0 Å². The Balaban J connectivity index is 2.14. The van der Waals surface area contributed by atoms with Gasteiger partial charge in [-0.2, -0.15) is 0 Å². The van der Waals surface area contributed by atoms with Crippen LogP contribution < -0.4 is 10.3 Å². The Labute approximate surface area is 148 Å². The van der Waals surface area contributed by atoms with Gasteiger partial charge in [0.25, 0.3) is 15.6 Å². The molecule has 7 nitrogen and oxygen atoms in total. The van der Waals surface area contributed by atoms with Crippen LogP contribution in [0, 0.1) is 13.8 Å². The molecule has 1 aromatic carbocycles. The molecular weight excluding hydrogens is 362 g/mol. The second kappa shape index (κ2) is 6.08. The minimum atomic E-state index is -4.16. The van der Waals surface area contributed by atoms with Gasteiger partial charge in [-0.1, -0.05) is 12.1 Å². The van der Waals surface area contributed by atoms with E-state index in [4.69, 9.17) is 0 Å². The molecule has 0 bridgehead atoms. The van der Waals surface area contributed by atoms with E-state index in [1.165, 1.54) is 41.7 Å². The molecular formula is C16H15N3O4S2. The van der Waals surface area contributed by atoms with E-state index < -0.39 is 20.5 Å². The standard InChI is InChI=1S/C16H15N3O4S2/c1-9-8-24-16-17-10(2)14(15(21)19(9)16)25(22,23)18-13-6-4-5-12(7-13)11(3)20/h4-8,18H,1-3H3. The van der Waals surface area contributed by atoms with E-state index >= 15 is 0 Å². The molecule has 9 heteroatoms. The second-order valence-electron chi connectivity index (χ2n) is 5.57. The van der Waals surface area contributed by atoms with Crippen molar-refractivity contribution in [2.24, 2.45) is 0 Å². The number of fused-ring (bicyclic) bond motifs is 1. The zero-order valence-corrected chi connectivity index (χ0v) is 15.4. The van der Waals surface area contributed by atoms with Gasteiger partial charge >= 0.3 is 0 Å². The SMILES string of the molecule is CC(=O)c1cccc(NS(=O)(=O)c2c(C)nc3scc(C)n3c2=O)c1. The maximum atomic E-state index is 12.8. The molecule has 25 heavy (non-hydrogen) atoms. The number of benzene rings is 1. The zero-order valence-electron chi connectivity index (χ0n) is 13.7. The molecule has 3 rings (SSSR count). The molecule has 0 atom stereocenters. The Morgan fingerprint density at radius 2 is 2.00 bits per heavy atom. The smallest absolute Gasteiger partial charge is 0.279 e. The summed E-state index contributed by atoms with van der Waals surface area (Å²) in [4.78, 5) is 28.4. The number of nitrogens with one attached hydrogen (secondary N) is 1. The summed E-state index contributed by atoms with van der Waals surface area (Å²) in [6, 6.07) is 6.09. The van der Waals surface area contributed by atoms with Crippen molar-refractivity contribution in [2.75, 3.05) is 4.72 Å². The maximum Gasteiger partial charge on any atom is 0.279 e. The van der Waals surface area contributed by atoms with Crippen molar-refractivity contribution in [1.29, 1.82) is 0 Å². The van der Waals surface area contributed by atoms with E-state index in [2.05, 4.69) is 9.71 Å². The summed E-state index contributed by atoms with van der Waals surface area (Å²) in [5.41, 5.74) is 0.681. The molecule has 0 unspecified atom stereocenters. The van der Waals surface area contributed by atoms with Crippen LogP contribution in [0.15, 0.2) is 39.3 Å². The van der Waals surface area contributed by atoms with Crippen molar-refractivity contribution in [1.82, 2.24) is 9.38 Å². The first-order valence-corrected chi connectivity index (χ1v) is 9.68. The fourth-order valence-electron chi connectivity index (χ4n) is 2.49. The first-order chi connectivity index (χ1) is 11.7. The largest absolute Gasteiger partial charge is 0.295 e. The van der Waals surface area contributed by atoms with Gasteiger partial charge in [-0.05, 0) is 32.9 Å². The van der Waals surface area contributed by atoms with Crippen LogP contribution in [0.25, 0.3) is 4.96 Å². The van der Waals surface area contributed by atoms with Crippen molar-refractivity contribution in [3.05, 3.63) is 57.0 Å². The number of carbonyl (C=O) groups is 1. The first kappa shape index (κ1) is 17.3. The lowest BCUT2D eigenvalue weighted by Gasteiger charge is -2.10. The highest BCUT2D eigenvalue weighted by Gasteiger charge is 2.25. The summed E-state index contributed by atoms with van der Waals surface area (Å²) in [7, 11) is -4.16. The molecule has 0 radical (unpaired) electrons. The average Bonchev–Trinajstić information content (AvgIpc) is 2.87. The highest BCUT2D eigenvalue weighted by Crippen LogP contribution is 2.19. The van der Waals surface area contributed by atoms with Crippen LogP contribution in [0.2, 0.25) is 0 Å². The third-order valence-corrected chi connectivity index (χ3v) is 6.11. The highest BCUT2D eigenvalue weighted by atomic mass is 32.2. The number of carbonyl (C=O) groups excluding carboxylic acids is 1. The van der Waals surface area contributed by atoms with Gasteiger partial charge in [0.05, 0.1) is 5.69 Å². The maximum absolute atomic E-state index is 12.8. The summed E-state index contributed by atoms with van der Waals surface area (Å²) in [5, 5.41) is 1.74. The number of rotatable bonds is 4. The average molecular weight is 377 g/mol. The van der Waals surface area contributed by atoms with E-state index in [0.29, 0.717) is 16.2 Å². The Morgan fingerprint density at radius 1 is 1.28 bits per heavy atom. The number of anilines is 1. The molecule has 0 aliphatic rings. The molecule has 0 aliphatic heterocycles. The Kier molecular flexibility index (Phi) is 4.21. The van der Waals surface area contributed by atoms with Gasteiger partial charge < -0.3 is 0 Å². The van der Waals surface area contributed by atoms with Gasteiger partial charge in [0.1, 0.15) is 0 Å². The monoisotopic (exact) mass is 377 g/mol. The summed E-state index contributed by atoms with van der Waals surface area (Å²) in [5.74, 6) is -0.186. The molecule has 0 amide bonds. The van der Waals surface area contributed by atoms with Crippen molar-refractivity contribution in [2.45, 2.75) is 25.7 Å². The third-order valence-electron chi connectivity index (χ3n) is 3.66. The minimum absolute atomic E-state index is 0.127. The van der Waals surface area contributed by atoms with Crippen molar-refractivity contribution < 1.29 is 13.2 Å². The Bertz CT molecular complexity index is 1160. The number of nitrogens with zero attached hydrogens (tertiary/aromatic N) is 2. The van der Waals surface area contributed by atoms with Gasteiger partial charge in [-0.15, -0.1) is 11.3 Å². The van der Waals surface area contributed by atoms with Gasteiger partial charge in [-0.25, -0.2) is 13.4 Å². The highest BCUT2D eigenvalue weighted by molar-refractivity contribution is 7.92. The van der Waals surface area contributed by atoms with E-state index in [0.717, 1.165) is 0 Å². The molecule has 0 fully saturated rings. The Morgan fingerprint density at radius 3 is 2.68 bits per heavy atom. The molecule has 1 N–H and O–H groups in total. The normalized spacial score (nSPS) is 11.6. The van der Waals surface area contributed by atoms with Crippen LogP contribution in [0.3, 0.4) is 0 Å². The van der Waals surface area contributed by atoms with Crippen LogP contribution in [0.1, 0.15) is 28.7 Å². The molecule has 2 heterocycles. The lowest BCUT2D eigenvalue weighted by Crippen LogP contribution is -2.28. The van der Waals surface area contributed by atoms with E-state index in [-0.39, 0.29) is 17.2 Å². The van der Waals surface area contributed by atoms with Gasteiger partial charge in [-0.3, -0.25) is 18.7 Å². The summed E-state index contributed by atoms with van der Waals surface area (Å²) in [6.07, 6.45) is 0. The molecule has 2 aromatic heterocycles. The fraction of sp³-hybridized carbons (Fsp3) is 0.188. The lowest BCUT2D eigenvalue weighted by molar-refractivity contribution is 0.101. The van der Waals surface area contributed by atoms with E-state index in [1.54, 1.807) is 24.4 Å².